The van der Waals surface area contributed by atoms with Crippen LogP contribution < -0.4 is 5.32 Å². The quantitative estimate of drug-likeness (QED) is 0.866. The summed E-state index contributed by atoms with van der Waals surface area (Å²) in [6.45, 7) is 0.775. The molecule has 4 heteroatoms. The fraction of sp³-hybridized carbons (Fsp3) is 0.364. The minimum atomic E-state index is -0.715. The minimum Gasteiger partial charge on any atom is -0.481 e. The lowest BCUT2D eigenvalue weighted by molar-refractivity contribution is -0.142. The van der Waals surface area contributed by atoms with Crippen LogP contribution in [-0.4, -0.2) is 17.6 Å². The maximum atomic E-state index is 11.0. The number of hydrogen-bond acceptors (Lipinski definition) is 2. The van der Waals surface area contributed by atoms with E-state index in [4.69, 9.17) is 5.11 Å². The molecule has 0 aromatic heterocycles. The van der Waals surface area contributed by atoms with Crippen LogP contribution in [0.1, 0.15) is 18.0 Å². The fourth-order valence-electron chi connectivity index (χ4n) is 1.99. The van der Waals surface area contributed by atoms with E-state index >= 15 is 0 Å². The van der Waals surface area contributed by atoms with Gasteiger partial charge in [0.15, 0.2) is 0 Å². The van der Waals surface area contributed by atoms with E-state index in [0.717, 1.165) is 16.6 Å². The highest BCUT2D eigenvalue weighted by Crippen LogP contribution is 2.30. The first kappa shape index (κ1) is 10.6. The van der Waals surface area contributed by atoms with Crippen molar-refractivity contribution in [1.82, 2.24) is 5.32 Å². The second-order valence-corrected chi connectivity index (χ2v) is 4.63. The Bertz CT molecular complexity index is 363. The molecule has 0 spiro atoms. The molecular formula is C11H12BrNO2. The van der Waals surface area contributed by atoms with Gasteiger partial charge in [-0.05, 0) is 30.7 Å². The molecule has 0 aliphatic carbocycles. The predicted octanol–water partition coefficient (Wildman–Crippen LogP) is 2.18. The van der Waals surface area contributed by atoms with Gasteiger partial charge in [-0.2, -0.15) is 0 Å². The number of hydrogen-bond donors (Lipinski definition) is 2. The van der Waals surface area contributed by atoms with E-state index in [0.29, 0.717) is 6.42 Å². The fourth-order valence-corrected chi connectivity index (χ4v) is 2.25. The van der Waals surface area contributed by atoms with Gasteiger partial charge in [0.1, 0.15) is 0 Å². The van der Waals surface area contributed by atoms with Gasteiger partial charge >= 0.3 is 5.97 Å². The molecule has 2 rings (SSSR count). The van der Waals surface area contributed by atoms with E-state index in [1.54, 1.807) is 0 Å². The van der Waals surface area contributed by atoms with Gasteiger partial charge in [0, 0.05) is 10.5 Å². The Labute approximate surface area is 96.6 Å². The molecule has 1 aliphatic rings. The molecule has 0 amide bonds. The van der Waals surface area contributed by atoms with E-state index in [2.05, 4.69) is 21.2 Å². The maximum absolute atomic E-state index is 11.0. The summed E-state index contributed by atoms with van der Waals surface area (Å²) < 4.78 is 1.01. The predicted molar refractivity (Wildman–Crippen MR) is 60.6 cm³/mol. The SMILES string of the molecule is O=C(O)C1CCNC1c1ccc(Br)cc1. The van der Waals surface area contributed by atoms with Crippen molar-refractivity contribution >= 4 is 21.9 Å². The van der Waals surface area contributed by atoms with Gasteiger partial charge in [0.05, 0.1) is 5.92 Å². The van der Waals surface area contributed by atoms with E-state index < -0.39 is 5.97 Å². The number of carboxylic acids is 1. The van der Waals surface area contributed by atoms with Crippen molar-refractivity contribution in [2.75, 3.05) is 6.54 Å². The monoisotopic (exact) mass is 269 g/mol. The van der Waals surface area contributed by atoms with Crippen molar-refractivity contribution in [2.24, 2.45) is 5.92 Å². The summed E-state index contributed by atoms with van der Waals surface area (Å²) in [6, 6.07) is 7.75. The molecule has 2 N–H and O–H groups in total. The van der Waals surface area contributed by atoms with Crippen LogP contribution >= 0.6 is 15.9 Å². The molecule has 2 atom stereocenters. The van der Waals surface area contributed by atoms with Gasteiger partial charge < -0.3 is 10.4 Å². The molecule has 1 aromatic rings. The van der Waals surface area contributed by atoms with Crippen LogP contribution in [0.3, 0.4) is 0 Å². The molecule has 1 aliphatic heterocycles. The Morgan fingerprint density at radius 3 is 2.67 bits per heavy atom. The summed E-state index contributed by atoms with van der Waals surface area (Å²) in [5.41, 5.74) is 1.04. The Morgan fingerprint density at radius 2 is 2.07 bits per heavy atom. The summed E-state index contributed by atoms with van der Waals surface area (Å²) in [7, 11) is 0. The average molecular weight is 270 g/mol. The summed E-state index contributed by atoms with van der Waals surface area (Å²) in [6.07, 6.45) is 0.704. The number of carbonyl (C=O) groups is 1. The van der Waals surface area contributed by atoms with Crippen molar-refractivity contribution in [3.05, 3.63) is 34.3 Å². The zero-order valence-corrected chi connectivity index (χ0v) is 9.70. The molecule has 1 heterocycles. The van der Waals surface area contributed by atoms with Gasteiger partial charge in [-0.15, -0.1) is 0 Å². The van der Waals surface area contributed by atoms with Gasteiger partial charge in [-0.3, -0.25) is 4.79 Å². The highest BCUT2D eigenvalue weighted by molar-refractivity contribution is 9.10. The van der Waals surface area contributed by atoms with Crippen LogP contribution in [0.5, 0.6) is 0 Å². The van der Waals surface area contributed by atoms with E-state index in [1.165, 1.54) is 0 Å². The summed E-state index contributed by atoms with van der Waals surface area (Å²) in [4.78, 5) is 11.0. The van der Waals surface area contributed by atoms with Crippen molar-refractivity contribution in [3.63, 3.8) is 0 Å². The first-order valence-electron chi connectivity index (χ1n) is 4.90. The van der Waals surface area contributed by atoms with Crippen molar-refractivity contribution < 1.29 is 9.90 Å². The Hall–Kier alpha value is -0.870. The molecule has 80 valence electrons. The van der Waals surface area contributed by atoms with Gasteiger partial charge in [0.25, 0.3) is 0 Å². The van der Waals surface area contributed by atoms with Gasteiger partial charge in [-0.1, -0.05) is 28.1 Å². The topological polar surface area (TPSA) is 49.3 Å². The molecule has 15 heavy (non-hydrogen) atoms. The third-order valence-corrected chi connectivity index (χ3v) is 3.30. The molecule has 1 fully saturated rings. The number of aliphatic carboxylic acids is 1. The summed E-state index contributed by atoms with van der Waals surface area (Å²) >= 11 is 3.36. The third-order valence-electron chi connectivity index (χ3n) is 2.77. The van der Waals surface area contributed by atoms with Crippen molar-refractivity contribution in [3.8, 4) is 0 Å². The zero-order valence-electron chi connectivity index (χ0n) is 8.11. The summed E-state index contributed by atoms with van der Waals surface area (Å²) in [5.74, 6) is -1.01. The minimum absolute atomic E-state index is 0.0457. The normalized spacial score (nSPS) is 25.4. The third kappa shape index (κ3) is 2.21. The molecule has 2 unspecified atom stereocenters. The highest BCUT2D eigenvalue weighted by Gasteiger charge is 2.33. The molecule has 0 bridgehead atoms. The molecule has 1 aromatic carbocycles. The lowest BCUT2D eigenvalue weighted by atomic mass is 9.94. The molecule has 1 saturated heterocycles. The maximum Gasteiger partial charge on any atom is 0.308 e. The number of carboxylic acid groups (broad SMARTS) is 1. The van der Waals surface area contributed by atoms with Crippen LogP contribution in [-0.2, 0) is 4.79 Å². The Balaban J connectivity index is 2.22. The largest absolute Gasteiger partial charge is 0.481 e. The van der Waals surface area contributed by atoms with Crippen molar-refractivity contribution in [2.45, 2.75) is 12.5 Å². The lowest BCUT2D eigenvalue weighted by Gasteiger charge is -2.16. The van der Waals surface area contributed by atoms with E-state index in [-0.39, 0.29) is 12.0 Å². The second kappa shape index (κ2) is 4.33. The van der Waals surface area contributed by atoms with Crippen molar-refractivity contribution in [1.29, 1.82) is 0 Å². The zero-order chi connectivity index (χ0) is 10.8. The number of rotatable bonds is 2. The average Bonchev–Trinajstić information content (AvgIpc) is 2.67. The number of halogens is 1. The standard InChI is InChI=1S/C11H12BrNO2/c12-8-3-1-7(2-4-8)10-9(11(14)15)5-6-13-10/h1-4,9-10,13H,5-6H2,(H,14,15). The Morgan fingerprint density at radius 1 is 1.40 bits per heavy atom. The molecule has 0 radical (unpaired) electrons. The van der Waals surface area contributed by atoms with Crippen LogP contribution in [0.4, 0.5) is 0 Å². The number of benzene rings is 1. The van der Waals surface area contributed by atoms with Gasteiger partial charge in [-0.25, -0.2) is 0 Å². The van der Waals surface area contributed by atoms with E-state index in [1.807, 2.05) is 24.3 Å². The molecule has 0 saturated carbocycles. The number of nitrogens with one attached hydrogen (secondary N) is 1. The molecule has 3 nitrogen and oxygen atoms in total. The first-order valence-corrected chi connectivity index (χ1v) is 5.69. The summed E-state index contributed by atoms with van der Waals surface area (Å²) in [5, 5.41) is 12.3. The smallest absolute Gasteiger partial charge is 0.308 e. The Kier molecular flexibility index (Phi) is 3.07. The lowest BCUT2D eigenvalue weighted by Crippen LogP contribution is -2.23. The highest BCUT2D eigenvalue weighted by atomic mass is 79.9. The van der Waals surface area contributed by atoms with E-state index in [9.17, 15) is 4.79 Å². The first-order chi connectivity index (χ1) is 7.18. The van der Waals surface area contributed by atoms with Gasteiger partial charge in [0.2, 0.25) is 0 Å². The second-order valence-electron chi connectivity index (χ2n) is 3.72. The van der Waals surface area contributed by atoms with Crippen LogP contribution in [0.2, 0.25) is 0 Å². The molecular weight excluding hydrogens is 258 g/mol. The van der Waals surface area contributed by atoms with Crippen LogP contribution in [0.15, 0.2) is 28.7 Å². The van der Waals surface area contributed by atoms with Crippen LogP contribution in [0, 0.1) is 5.92 Å². The van der Waals surface area contributed by atoms with Crippen LogP contribution in [0.25, 0.3) is 0 Å².